The molecular weight excluding hydrogens is 330 g/mol. The second-order valence-electron chi connectivity index (χ2n) is 6.79. The smallest absolute Gasteiger partial charge is 0.251 e. The Morgan fingerprint density at radius 2 is 2.00 bits per heavy atom. The Bertz CT molecular complexity index is 782. The minimum atomic E-state index is -0.503. The summed E-state index contributed by atoms with van der Waals surface area (Å²) in [6, 6.07) is 4.76. The summed E-state index contributed by atoms with van der Waals surface area (Å²) >= 11 is 0. The van der Waals surface area contributed by atoms with Gasteiger partial charge in [0.25, 0.3) is 5.91 Å². The molecule has 3 N–H and O–H groups in total. The number of hydrogen-bond acceptors (Lipinski definition) is 4. The number of aryl methyl sites for hydroxylation is 2. The molecule has 0 fully saturated rings. The molecule has 2 aromatic rings. The Morgan fingerprint density at radius 3 is 2.54 bits per heavy atom. The van der Waals surface area contributed by atoms with Crippen molar-refractivity contribution in [3.63, 3.8) is 0 Å². The van der Waals surface area contributed by atoms with Crippen LogP contribution in [-0.4, -0.2) is 35.2 Å². The predicted molar refractivity (Wildman–Crippen MR) is 102 cm³/mol. The number of hydrogen-bond donors (Lipinski definition) is 3. The van der Waals surface area contributed by atoms with Crippen LogP contribution in [0.3, 0.4) is 0 Å². The number of carbonyl (C=O) groups excluding carboxylic acids is 2. The molecule has 7 nitrogen and oxygen atoms in total. The van der Waals surface area contributed by atoms with Crippen LogP contribution in [0.2, 0.25) is 0 Å². The first-order chi connectivity index (χ1) is 12.3. The van der Waals surface area contributed by atoms with E-state index in [1.54, 1.807) is 49.4 Å². The minimum Gasteiger partial charge on any atom is -0.352 e. The fourth-order valence-electron chi connectivity index (χ4n) is 2.59. The quantitative estimate of drug-likeness (QED) is 0.707. The van der Waals surface area contributed by atoms with E-state index in [1.165, 1.54) is 0 Å². The minimum absolute atomic E-state index is 0.108. The first-order valence-electron chi connectivity index (χ1n) is 8.67. The normalized spacial score (nSPS) is 12.1. The summed E-state index contributed by atoms with van der Waals surface area (Å²) in [4.78, 5) is 24.8. The highest BCUT2D eigenvalue weighted by Crippen LogP contribution is 2.20. The number of nitrogens with zero attached hydrogens (tertiary/aromatic N) is 2. The molecule has 0 bridgehead atoms. The number of benzene rings is 1. The van der Waals surface area contributed by atoms with Crippen molar-refractivity contribution in [3.8, 4) is 0 Å². The van der Waals surface area contributed by atoms with Crippen molar-refractivity contribution in [1.82, 2.24) is 20.4 Å². The summed E-state index contributed by atoms with van der Waals surface area (Å²) < 4.78 is 1.66. The molecule has 0 aliphatic rings. The van der Waals surface area contributed by atoms with E-state index in [1.807, 2.05) is 20.8 Å². The lowest BCUT2D eigenvalue weighted by Crippen LogP contribution is -2.30. The topological polar surface area (TPSA) is 88.1 Å². The van der Waals surface area contributed by atoms with E-state index < -0.39 is 6.04 Å². The molecule has 0 saturated carbocycles. The highest BCUT2D eigenvalue weighted by atomic mass is 16.2. The third-order valence-electron chi connectivity index (χ3n) is 4.03. The van der Waals surface area contributed by atoms with Crippen molar-refractivity contribution in [2.45, 2.75) is 26.8 Å². The third kappa shape index (κ3) is 4.92. The Kier molecular flexibility index (Phi) is 6.52. The van der Waals surface area contributed by atoms with E-state index in [2.05, 4.69) is 21.0 Å². The van der Waals surface area contributed by atoms with Gasteiger partial charge in [-0.2, -0.15) is 5.10 Å². The maximum Gasteiger partial charge on any atom is 0.251 e. The van der Waals surface area contributed by atoms with Crippen molar-refractivity contribution in [1.29, 1.82) is 0 Å². The van der Waals surface area contributed by atoms with Crippen molar-refractivity contribution < 1.29 is 9.59 Å². The van der Waals surface area contributed by atoms with Gasteiger partial charge in [-0.1, -0.05) is 13.8 Å². The van der Waals surface area contributed by atoms with Crippen LogP contribution < -0.4 is 16.0 Å². The molecule has 7 heteroatoms. The van der Waals surface area contributed by atoms with Gasteiger partial charge >= 0.3 is 0 Å². The van der Waals surface area contributed by atoms with Crippen LogP contribution >= 0.6 is 0 Å². The van der Waals surface area contributed by atoms with Gasteiger partial charge in [0.15, 0.2) is 0 Å². The van der Waals surface area contributed by atoms with E-state index in [-0.39, 0.29) is 11.8 Å². The van der Waals surface area contributed by atoms with Crippen LogP contribution in [0.5, 0.6) is 0 Å². The molecule has 0 radical (unpaired) electrons. The van der Waals surface area contributed by atoms with E-state index in [0.29, 0.717) is 23.7 Å². The highest BCUT2D eigenvalue weighted by Gasteiger charge is 2.21. The zero-order valence-electron chi connectivity index (χ0n) is 16.0. The largest absolute Gasteiger partial charge is 0.352 e. The Balaban J connectivity index is 2.09. The van der Waals surface area contributed by atoms with E-state index in [9.17, 15) is 9.59 Å². The molecule has 1 atom stereocenters. The average molecular weight is 357 g/mol. The fourth-order valence-corrected chi connectivity index (χ4v) is 2.59. The number of likely N-dealkylation sites (N-methyl/N-ethyl adjacent to an activating group) is 1. The van der Waals surface area contributed by atoms with Crippen LogP contribution in [0, 0.1) is 12.8 Å². The number of amides is 2. The van der Waals surface area contributed by atoms with Crippen LogP contribution in [0.4, 0.5) is 5.69 Å². The molecule has 2 rings (SSSR count). The molecule has 1 unspecified atom stereocenters. The van der Waals surface area contributed by atoms with E-state index in [4.69, 9.17) is 0 Å². The summed E-state index contributed by atoms with van der Waals surface area (Å²) in [5.74, 6) is 0.105. The highest BCUT2D eigenvalue weighted by molar-refractivity contribution is 5.98. The maximum atomic E-state index is 12.6. The van der Waals surface area contributed by atoms with Crippen LogP contribution in [0.1, 0.15) is 41.4 Å². The van der Waals surface area contributed by atoms with Crippen molar-refractivity contribution in [2.75, 3.05) is 18.9 Å². The molecule has 0 aliphatic heterocycles. The van der Waals surface area contributed by atoms with Gasteiger partial charge in [-0.3, -0.25) is 14.3 Å². The lowest BCUT2D eigenvalue weighted by Gasteiger charge is -2.16. The van der Waals surface area contributed by atoms with Crippen molar-refractivity contribution >= 4 is 17.5 Å². The molecule has 0 aliphatic carbocycles. The Labute approximate surface area is 154 Å². The average Bonchev–Trinajstić information content (AvgIpc) is 3.01. The monoisotopic (exact) mass is 357 g/mol. The van der Waals surface area contributed by atoms with Crippen LogP contribution in [0.15, 0.2) is 30.6 Å². The van der Waals surface area contributed by atoms with Gasteiger partial charge in [0.2, 0.25) is 5.91 Å². The lowest BCUT2D eigenvalue weighted by molar-refractivity contribution is -0.118. The van der Waals surface area contributed by atoms with E-state index >= 15 is 0 Å². The fraction of sp³-hybridized carbons (Fsp3) is 0.421. The number of nitrogens with one attached hydrogen (secondary N) is 3. The molecule has 0 spiro atoms. The molecule has 2 amide bonds. The third-order valence-corrected chi connectivity index (χ3v) is 4.03. The summed E-state index contributed by atoms with van der Waals surface area (Å²) in [5.41, 5.74) is 2.88. The number of aromatic nitrogens is 2. The van der Waals surface area contributed by atoms with Gasteiger partial charge in [0, 0.05) is 36.6 Å². The summed E-state index contributed by atoms with van der Waals surface area (Å²) in [6.07, 6.45) is 3.46. The van der Waals surface area contributed by atoms with Gasteiger partial charge in [-0.15, -0.1) is 0 Å². The Morgan fingerprint density at radius 1 is 1.27 bits per heavy atom. The molecular formula is C19H27N5O2. The Hall–Kier alpha value is -2.67. The van der Waals surface area contributed by atoms with Gasteiger partial charge in [-0.25, -0.2) is 0 Å². The van der Waals surface area contributed by atoms with Crippen LogP contribution in [0.25, 0.3) is 0 Å². The van der Waals surface area contributed by atoms with Crippen molar-refractivity contribution in [2.24, 2.45) is 13.0 Å². The number of anilines is 1. The molecule has 140 valence electrons. The zero-order chi connectivity index (χ0) is 19.3. The molecule has 26 heavy (non-hydrogen) atoms. The van der Waals surface area contributed by atoms with Crippen molar-refractivity contribution in [3.05, 3.63) is 47.3 Å². The van der Waals surface area contributed by atoms with Gasteiger partial charge < -0.3 is 16.0 Å². The maximum absolute atomic E-state index is 12.6. The summed E-state index contributed by atoms with van der Waals surface area (Å²) in [6.45, 7) is 6.59. The van der Waals surface area contributed by atoms with Gasteiger partial charge in [0.1, 0.15) is 6.04 Å². The SMILES string of the molecule is CNC(C(=O)Nc1ccc(C(=O)NCC(C)C)cc1C)c1cnn(C)c1. The first kappa shape index (κ1) is 19.7. The second-order valence-corrected chi connectivity index (χ2v) is 6.79. The van der Waals surface area contributed by atoms with E-state index in [0.717, 1.165) is 11.1 Å². The number of carbonyl (C=O) groups is 2. The molecule has 1 aromatic heterocycles. The standard InChI is InChI=1S/C19H27N5O2/c1-12(2)9-21-18(25)14-6-7-16(13(3)8-14)23-19(26)17(20-4)15-10-22-24(5)11-15/h6-8,10-12,17,20H,9H2,1-5H3,(H,21,25)(H,23,26). The number of rotatable bonds is 7. The zero-order valence-corrected chi connectivity index (χ0v) is 16.0. The van der Waals surface area contributed by atoms with Gasteiger partial charge in [0.05, 0.1) is 6.20 Å². The lowest BCUT2D eigenvalue weighted by atomic mass is 10.1. The summed E-state index contributed by atoms with van der Waals surface area (Å²) in [5, 5.41) is 12.9. The van der Waals surface area contributed by atoms with Gasteiger partial charge in [-0.05, 0) is 43.7 Å². The second kappa shape index (κ2) is 8.62. The summed E-state index contributed by atoms with van der Waals surface area (Å²) in [7, 11) is 3.54. The predicted octanol–water partition coefficient (Wildman–Crippen LogP) is 2.01. The molecule has 0 saturated heterocycles. The molecule has 1 aromatic carbocycles. The molecule has 1 heterocycles. The first-order valence-corrected chi connectivity index (χ1v) is 8.67. The van der Waals surface area contributed by atoms with Crippen LogP contribution in [-0.2, 0) is 11.8 Å².